The number of aromatic nitrogens is 1. The van der Waals surface area contributed by atoms with Crippen molar-refractivity contribution in [1.29, 1.82) is 5.26 Å². The molecule has 1 heterocycles. The van der Waals surface area contributed by atoms with Crippen LogP contribution in [0, 0.1) is 32.1 Å². The van der Waals surface area contributed by atoms with Crippen molar-refractivity contribution in [3.05, 3.63) is 75.6 Å². The van der Waals surface area contributed by atoms with Gasteiger partial charge in [-0.2, -0.15) is 5.26 Å². The van der Waals surface area contributed by atoms with Crippen molar-refractivity contribution in [2.45, 2.75) is 33.1 Å². The van der Waals surface area contributed by atoms with E-state index >= 15 is 0 Å². The first-order valence-electron chi connectivity index (χ1n) is 8.12. The summed E-state index contributed by atoms with van der Waals surface area (Å²) in [7, 11) is 0. The highest BCUT2D eigenvalue weighted by Crippen LogP contribution is 2.34. The molecule has 0 amide bonds. The van der Waals surface area contributed by atoms with E-state index in [4.69, 9.17) is 0 Å². The molecule has 1 aromatic carbocycles. The first-order valence-corrected chi connectivity index (χ1v) is 8.12. The first-order chi connectivity index (χ1) is 11.9. The van der Waals surface area contributed by atoms with Gasteiger partial charge in [0.15, 0.2) is 11.6 Å². The average molecular weight is 330 g/mol. The predicted molar refractivity (Wildman–Crippen MR) is 94.1 cm³/mol. The molecule has 4 nitrogen and oxygen atoms in total. The van der Waals surface area contributed by atoms with Crippen molar-refractivity contribution in [3.8, 4) is 6.07 Å². The van der Waals surface area contributed by atoms with Gasteiger partial charge < -0.3 is 0 Å². The fourth-order valence-electron chi connectivity index (χ4n) is 3.56. The molecule has 1 unspecified atom stereocenters. The Hall–Kier alpha value is -3.06. The number of hydrogen-bond acceptors (Lipinski definition) is 4. The number of hydrogen-bond donors (Lipinski definition) is 0. The SMILES string of the molecule is Cc1cc(C)c(C2C(=O)C=C(Cc3ncccc3C#N)C2=O)c(C)c1. The molecule has 2 aromatic rings. The molecule has 1 aliphatic rings. The number of carbonyl (C=O) groups is 2. The van der Waals surface area contributed by atoms with Gasteiger partial charge >= 0.3 is 0 Å². The van der Waals surface area contributed by atoms with Crippen molar-refractivity contribution < 1.29 is 9.59 Å². The highest BCUT2D eigenvalue weighted by atomic mass is 16.2. The summed E-state index contributed by atoms with van der Waals surface area (Å²) in [5, 5.41) is 9.18. The van der Waals surface area contributed by atoms with Crippen LogP contribution in [-0.2, 0) is 16.0 Å². The molecule has 1 aromatic heterocycles. The molecule has 0 bridgehead atoms. The Labute approximate surface area is 146 Å². The monoisotopic (exact) mass is 330 g/mol. The van der Waals surface area contributed by atoms with Gasteiger partial charge in [-0.3, -0.25) is 14.6 Å². The van der Waals surface area contributed by atoms with Gasteiger partial charge in [0.05, 0.1) is 11.3 Å². The van der Waals surface area contributed by atoms with Crippen molar-refractivity contribution >= 4 is 11.6 Å². The number of allylic oxidation sites excluding steroid dienone is 2. The smallest absolute Gasteiger partial charge is 0.174 e. The van der Waals surface area contributed by atoms with Gasteiger partial charge in [-0.1, -0.05) is 17.7 Å². The maximum absolute atomic E-state index is 12.9. The maximum atomic E-state index is 12.9. The van der Waals surface area contributed by atoms with Crippen molar-refractivity contribution in [3.63, 3.8) is 0 Å². The van der Waals surface area contributed by atoms with Gasteiger partial charge in [0.2, 0.25) is 0 Å². The van der Waals surface area contributed by atoms with E-state index in [1.54, 1.807) is 18.3 Å². The Morgan fingerprint density at radius 3 is 2.48 bits per heavy atom. The minimum Gasteiger partial charge on any atom is -0.294 e. The summed E-state index contributed by atoms with van der Waals surface area (Å²) < 4.78 is 0. The van der Waals surface area contributed by atoms with E-state index in [1.165, 1.54) is 6.08 Å². The highest BCUT2D eigenvalue weighted by Gasteiger charge is 2.37. The number of carbonyl (C=O) groups excluding carboxylic acids is 2. The summed E-state index contributed by atoms with van der Waals surface area (Å²) in [4.78, 5) is 29.6. The van der Waals surface area contributed by atoms with E-state index in [0.717, 1.165) is 22.3 Å². The molecule has 1 atom stereocenters. The van der Waals surface area contributed by atoms with E-state index in [-0.39, 0.29) is 18.0 Å². The predicted octanol–water partition coefficient (Wildman–Crippen LogP) is 3.28. The Balaban J connectivity index is 1.95. The van der Waals surface area contributed by atoms with Crippen LogP contribution in [0.5, 0.6) is 0 Å². The molecular formula is C21H18N2O2. The lowest BCUT2D eigenvalue weighted by atomic mass is 9.85. The van der Waals surface area contributed by atoms with Gasteiger partial charge in [-0.05, 0) is 55.7 Å². The summed E-state index contributed by atoms with van der Waals surface area (Å²) in [6.45, 7) is 5.86. The fraction of sp³-hybridized carbons (Fsp3) is 0.238. The zero-order valence-corrected chi connectivity index (χ0v) is 14.5. The third-order valence-electron chi connectivity index (χ3n) is 4.57. The molecule has 0 fully saturated rings. The number of benzene rings is 1. The normalized spacial score (nSPS) is 16.7. The Morgan fingerprint density at radius 2 is 1.84 bits per heavy atom. The van der Waals surface area contributed by atoms with Crippen molar-refractivity contribution in [2.24, 2.45) is 0 Å². The van der Waals surface area contributed by atoms with E-state index in [2.05, 4.69) is 11.1 Å². The van der Waals surface area contributed by atoms with Crippen molar-refractivity contribution in [1.82, 2.24) is 4.98 Å². The minimum absolute atomic E-state index is 0.186. The molecule has 1 aliphatic carbocycles. The zero-order chi connectivity index (χ0) is 18.1. The molecule has 0 radical (unpaired) electrons. The van der Waals surface area contributed by atoms with E-state index < -0.39 is 5.92 Å². The molecule has 0 N–H and O–H groups in total. The summed E-state index contributed by atoms with van der Waals surface area (Å²) in [6.07, 6.45) is 3.21. The van der Waals surface area contributed by atoms with Crippen LogP contribution in [0.4, 0.5) is 0 Å². The van der Waals surface area contributed by atoms with Crippen LogP contribution in [-0.4, -0.2) is 16.6 Å². The molecule has 0 saturated carbocycles. The second-order valence-corrected chi connectivity index (χ2v) is 6.47. The number of Topliss-reactive ketones (excluding diaryl/α,β-unsaturated/α-hetero) is 1. The second-order valence-electron chi connectivity index (χ2n) is 6.47. The van der Waals surface area contributed by atoms with Crippen LogP contribution in [0.15, 0.2) is 42.1 Å². The minimum atomic E-state index is -0.773. The summed E-state index contributed by atoms with van der Waals surface area (Å²) in [5.74, 6) is -1.15. The molecule has 3 rings (SSSR count). The largest absolute Gasteiger partial charge is 0.294 e. The molecule has 0 spiro atoms. The van der Waals surface area contributed by atoms with E-state index in [1.807, 2.05) is 32.9 Å². The van der Waals surface area contributed by atoms with Gasteiger partial charge in [-0.15, -0.1) is 0 Å². The highest BCUT2D eigenvalue weighted by molar-refractivity contribution is 6.25. The van der Waals surface area contributed by atoms with Gasteiger partial charge in [0.1, 0.15) is 12.0 Å². The molecule has 25 heavy (non-hydrogen) atoms. The average Bonchev–Trinajstić information content (AvgIpc) is 2.82. The Morgan fingerprint density at radius 1 is 1.16 bits per heavy atom. The standard InChI is InChI=1S/C21H18N2O2/c1-12-7-13(2)19(14(3)8-12)20-18(24)10-16(21(20)25)9-17-15(11-22)5-4-6-23-17/h4-8,10,20H,9H2,1-3H3. The lowest BCUT2D eigenvalue weighted by molar-refractivity contribution is -0.122. The number of pyridine rings is 1. The number of nitrogens with zero attached hydrogens (tertiary/aromatic N) is 2. The number of rotatable bonds is 3. The summed E-state index contributed by atoms with van der Waals surface area (Å²) >= 11 is 0. The van der Waals surface area contributed by atoms with Gasteiger partial charge in [0.25, 0.3) is 0 Å². The third-order valence-corrected chi connectivity index (χ3v) is 4.57. The van der Waals surface area contributed by atoms with Crippen LogP contribution in [0.25, 0.3) is 0 Å². The number of nitriles is 1. The quantitative estimate of drug-likeness (QED) is 0.810. The summed E-state index contributed by atoms with van der Waals surface area (Å²) in [5.41, 5.74) is 5.18. The fourth-order valence-corrected chi connectivity index (χ4v) is 3.56. The Kier molecular flexibility index (Phi) is 4.33. The topological polar surface area (TPSA) is 70.8 Å². The third kappa shape index (κ3) is 3.01. The summed E-state index contributed by atoms with van der Waals surface area (Å²) in [6, 6.07) is 9.41. The zero-order valence-electron chi connectivity index (χ0n) is 14.5. The number of ketones is 2. The number of aryl methyl sites for hydroxylation is 3. The first kappa shape index (κ1) is 16.8. The van der Waals surface area contributed by atoms with Crippen LogP contribution in [0.2, 0.25) is 0 Å². The lowest BCUT2D eigenvalue weighted by Crippen LogP contribution is -2.18. The molecule has 0 saturated heterocycles. The van der Waals surface area contributed by atoms with Crippen LogP contribution < -0.4 is 0 Å². The molecular weight excluding hydrogens is 312 g/mol. The van der Waals surface area contributed by atoms with E-state index in [9.17, 15) is 14.9 Å². The van der Waals surface area contributed by atoms with E-state index in [0.29, 0.717) is 16.8 Å². The van der Waals surface area contributed by atoms with Crippen LogP contribution >= 0.6 is 0 Å². The second kappa shape index (κ2) is 6.45. The van der Waals surface area contributed by atoms with Gasteiger partial charge in [0, 0.05) is 18.2 Å². The lowest BCUT2D eigenvalue weighted by Gasteiger charge is -2.16. The van der Waals surface area contributed by atoms with Gasteiger partial charge in [-0.25, -0.2) is 0 Å². The van der Waals surface area contributed by atoms with Crippen LogP contribution in [0.1, 0.15) is 39.4 Å². The molecule has 124 valence electrons. The maximum Gasteiger partial charge on any atom is 0.174 e. The Bertz CT molecular complexity index is 941. The van der Waals surface area contributed by atoms with Crippen molar-refractivity contribution in [2.75, 3.05) is 0 Å². The molecule has 4 heteroatoms. The molecule has 0 aliphatic heterocycles. The van der Waals surface area contributed by atoms with Crippen LogP contribution in [0.3, 0.4) is 0 Å².